The monoisotopic (exact) mass is 332 g/mol. The summed E-state index contributed by atoms with van der Waals surface area (Å²) in [5, 5.41) is 10.3. The first kappa shape index (κ1) is 15.6. The summed E-state index contributed by atoms with van der Waals surface area (Å²) in [5.74, 6) is 1.30. The van der Waals surface area contributed by atoms with Crippen molar-refractivity contribution < 1.29 is 4.79 Å². The molecule has 1 unspecified atom stereocenters. The highest BCUT2D eigenvalue weighted by Gasteiger charge is 2.33. The van der Waals surface area contributed by atoms with Gasteiger partial charge in [-0.2, -0.15) is 5.10 Å². The number of amides is 1. The minimum Gasteiger partial charge on any atom is -0.325 e. The molecule has 1 aromatic heterocycles. The topological polar surface area (TPSA) is 70.7 Å². The Hall–Kier alpha value is -2.95. The second-order valence-corrected chi connectivity index (χ2v) is 6.65. The molecule has 2 N–H and O–H groups in total. The van der Waals surface area contributed by atoms with E-state index in [0.29, 0.717) is 18.7 Å². The number of aryl methyl sites for hydroxylation is 2. The zero-order chi connectivity index (χ0) is 17.4. The zero-order valence-electron chi connectivity index (χ0n) is 14.3. The van der Waals surface area contributed by atoms with E-state index < -0.39 is 0 Å². The Morgan fingerprint density at radius 3 is 2.72 bits per heavy atom. The Labute approximate surface area is 146 Å². The molecule has 126 valence electrons. The molecule has 0 spiro atoms. The average molecular weight is 332 g/mol. The van der Waals surface area contributed by atoms with Crippen molar-refractivity contribution in [2.24, 2.45) is 0 Å². The van der Waals surface area contributed by atoms with E-state index in [4.69, 9.17) is 0 Å². The quantitative estimate of drug-likeness (QED) is 0.770. The highest BCUT2D eigenvalue weighted by molar-refractivity contribution is 6.03. The van der Waals surface area contributed by atoms with Crippen LogP contribution in [0.5, 0.6) is 0 Å². The number of carbonyl (C=O) groups excluding carboxylic acids is 1. The molecule has 0 fully saturated rings. The summed E-state index contributed by atoms with van der Waals surface area (Å²) in [5.41, 5.74) is 5.47. The predicted octanol–water partition coefficient (Wildman–Crippen LogP) is 3.29. The first-order chi connectivity index (χ1) is 12.1. The number of H-pyrrole nitrogens is 1. The van der Waals surface area contributed by atoms with Gasteiger partial charge in [0.25, 0.3) is 0 Å². The summed E-state index contributed by atoms with van der Waals surface area (Å²) < 4.78 is 0. The van der Waals surface area contributed by atoms with Gasteiger partial charge in [-0.25, -0.2) is 4.98 Å². The van der Waals surface area contributed by atoms with Gasteiger partial charge in [0, 0.05) is 18.5 Å². The van der Waals surface area contributed by atoms with Crippen LogP contribution in [0.1, 0.15) is 39.8 Å². The fourth-order valence-electron chi connectivity index (χ4n) is 3.57. The minimum absolute atomic E-state index is 0.0260. The van der Waals surface area contributed by atoms with Crippen LogP contribution in [-0.2, 0) is 17.6 Å². The number of carbonyl (C=O) groups is 1. The molecule has 3 aromatic rings. The fraction of sp³-hybridized carbons (Fsp3) is 0.250. The lowest BCUT2D eigenvalue weighted by Crippen LogP contribution is -2.15. The minimum atomic E-state index is -0.226. The maximum absolute atomic E-state index is 12.4. The molecule has 0 saturated carbocycles. The SMILES string of the molecule is Cc1cc(C)c2c(c1)NC(=O)C2Cc1n[nH]c(Cc2ccccc2)n1. The van der Waals surface area contributed by atoms with Gasteiger partial charge in [-0.3, -0.25) is 9.89 Å². The highest BCUT2D eigenvalue weighted by atomic mass is 16.2. The standard InChI is InChI=1S/C20H20N4O/c1-12-8-13(2)19-15(20(25)21-16(19)9-12)11-18-22-17(23-24-18)10-14-6-4-3-5-7-14/h3-9,15H,10-11H2,1-2H3,(H,21,25)(H,22,23,24). The third kappa shape index (κ3) is 3.05. The normalized spacial score (nSPS) is 15.9. The van der Waals surface area contributed by atoms with E-state index in [0.717, 1.165) is 28.2 Å². The Kier molecular flexibility index (Phi) is 3.84. The molecule has 0 radical (unpaired) electrons. The lowest BCUT2D eigenvalue weighted by molar-refractivity contribution is -0.117. The molecule has 5 nitrogen and oxygen atoms in total. The van der Waals surface area contributed by atoms with Gasteiger partial charge < -0.3 is 5.32 Å². The smallest absolute Gasteiger partial charge is 0.232 e. The fourth-order valence-corrected chi connectivity index (χ4v) is 3.57. The Bertz CT molecular complexity index is 930. The number of rotatable bonds is 4. The van der Waals surface area contributed by atoms with Crippen molar-refractivity contribution in [1.82, 2.24) is 15.2 Å². The van der Waals surface area contributed by atoms with Gasteiger partial charge in [-0.15, -0.1) is 0 Å². The van der Waals surface area contributed by atoms with Crippen LogP contribution in [0.4, 0.5) is 5.69 Å². The molecule has 25 heavy (non-hydrogen) atoms. The van der Waals surface area contributed by atoms with Crippen molar-refractivity contribution in [3.63, 3.8) is 0 Å². The zero-order valence-corrected chi connectivity index (χ0v) is 14.3. The van der Waals surface area contributed by atoms with Crippen molar-refractivity contribution in [3.05, 3.63) is 76.4 Å². The van der Waals surface area contributed by atoms with Crippen molar-refractivity contribution in [1.29, 1.82) is 0 Å². The van der Waals surface area contributed by atoms with Crippen LogP contribution >= 0.6 is 0 Å². The summed E-state index contributed by atoms with van der Waals surface area (Å²) in [6.45, 7) is 4.09. The number of nitrogens with zero attached hydrogens (tertiary/aromatic N) is 2. The van der Waals surface area contributed by atoms with E-state index in [1.165, 1.54) is 5.56 Å². The van der Waals surface area contributed by atoms with Gasteiger partial charge in [0.1, 0.15) is 5.82 Å². The Balaban J connectivity index is 1.55. The number of hydrogen-bond acceptors (Lipinski definition) is 3. The van der Waals surface area contributed by atoms with E-state index in [-0.39, 0.29) is 11.8 Å². The van der Waals surface area contributed by atoms with E-state index >= 15 is 0 Å². The van der Waals surface area contributed by atoms with Crippen LogP contribution in [-0.4, -0.2) is 21.1 Å². The second kappa shape index (κ2) is 6.16. The summed E-state index contributed by atoms with van der Waals surface area (Å²) in [4.78, 5) is 17.0. The molecular formula is C20H20N4O. The molecule has 1 aliphatic heterocycles. The van der Waals surface area contributed by atoms with Crippen LogP contribution < -0.4 is 5.32 Å². The molecule has 4 rings (SSSR count). The van der Waals surface area contributed by atoms with Crippen molar-refractivity contribution >= 4 is 11.6 Å². The number of nitrogens with one attached hydrogen (secondary N) is 2. The van der Waals surface area contributed by atoms with Gasteiger partial charge in [0.05, 0.1) is 5.92 Å². The van der Waals surface area contributed by atoms with Gasteiger partial charge >= 0.3 is 0 Å². The van der Waals surface area contributed by atoms with E-state index in [2.05, 4.69) is 45.6 Å². The molecule has 0 aliphatic carbocycles. The summed E-state index contributed by atoms with van der Waals surface area (Å²) in [7, 11) is 0. The van der Waals surface area contributed by atoms with Crippen LogP contribution in [0, 0.1) is 13.8 Å². The molecule has 2 heterocycles. The average Bonchev–Trinajstić information content (AvgIpc) is 3.13. The molecule has 1 aliphatic rings. The van der Waals surface area contributed by atoms with Crippen LogP contribution in [0.2, 0.25) is 0 Å². The third-order valence-electron chi connectivity index (χ3n) is 4.63. The van der Waals surface area contributed by atoms with E-state index in [9.17, 15) is 4.79 Å². The van der Waals surface area contributed by atoms with E-state index in [1.54, 1.807) is 0 Å². The van der Waals surface area contributed by atoms with Crippen molar-refractivity contribution in [3.8, 4) is 0 Å². The molecule has 1 amide bonds. The lowest BCUT2D eigenvalue weighted by Gasteiger charge is -2.10. The van der Waals surface area contributed by atoms with Gasteiger partial charge in [-0.05, 0) is 42.2 Å². The Morgan fingerprint density at radius 1 is 1.12 bits per heavy atom. The van der Waals surface area contributed by atoms with Gasteiger partial charge in [0.15, 0.2) is 5.82 Å². The number of aromatic nitrogens is 3. The molecule has 0 bridgehead atoms. The summed E-state index contributed by atoms with van der Waals surface area (Å²) in [6, 6.07) is 14.3. The van der Waals surface area contributed by atoms with Crippen molar-refractivity contribution in [2.75, 3.05) is 5.32 Å². The second-order valence-electron chi connectivity index (χ2n) is 6.65. The summed E-state index contributed by atoms with van der Waals surface area (Å²) >= 11 is 0. The van der Waals surface area contributed by atoms with Gasteiger partial charge in [-0.1, -0.05) is 36.4 Å². The molecule has 2 aromatic carbocycles. The first-order valence-corrected chi connectivity index (χ1v) is 8.46. The predicted molar refractivity (Wildman–Crippen MR) is 96.6 cm³/mol. The van der Waals surface area contributed by atoms with Crippen LogP contribution in [0.3, 0.4) is 0 Å². The van der Waals surface area contributed by atoms with E-state index in [1.807, 2.05) is 31.2 Å². The third-order valence-corrected chi connectivity index (χ3v) is 4.63. The largest absolute Gasteiger partial charge is 0.325 e. The maximum atomic E-state index is 12.4. The molecule has 1 atom stereocenters. The van der Waals surface area contributed by atoms with Crippen LogP contribution in [0.25, 0.3) is 0 Å². The van der Waals surface area contributed by atoms with Crippen molar-refractivity contribution in [2.45, 2.75) is 32.6 Å². The van der Waals surface area contributed by atoms with Crippen LogP contribution in [0.15, 0.2) is 42.5 Å². The number of fused-ring (bicyclic) bond motifs is 1. The molecule has 0 saturated heterocycles. The first-order valence-electron chi connectivity index (χ1n) is 8.46. The Morgan fingerprint density at radius 2 is 1.92 bits per heavy atom. The number of anilines is 1. The highest BCUT2D eigenvalue weighted by Crippen LogP contribution is 2.37. The lowest BCUT2D eigenvalue weighted by atomic mass is 9.92. The maximum Gasteiger partial charge on any atom is 0.232 e. The molecular weight excluding hydrogens is 312 g/mol. The van der Waals surface area contributed by atoms with Gasteiger partial charge in [0.2, 0.25) is 5.91 Å². The molecule has 5 heteroatoms. The number of aromatic amines is 1. The summed E-state index contributed by atoms with van der Waals surface area (Å²) in [6.07, 6.45) is 1.22. The number of hydrogen-bond donors (Lipinski definition) is 2. The number of benzene rings is 2.